The Balaban J connectivity index is 0.000000709. The third-order valence-electron chi connectivity index (χ3n) is 11.1. The van der Waals surface area contributed by atoms with Gasteiger partial charge in [-0.25, -0.2) is 0 Å². The van der Waals surface area contributed by atoms with Crippen LogP contribution in [0.3, 0.4) is 0 Å². The van der Waals surface area contributed by atoms with E-state index in [9.17, 15) is 9.90 Å². The second-order valence-corrected chi connectivity index (χ2v) is 12.9. The molecular formula is C33H50O3. The Hall–Kier alpha value is -1.45. The molecule has 4 aliphatic carbocycles. The molecule has 3 saturated carbocycles. The maximum Gasteiger partial charge on any atom is 0.155 e. The molecule has 1 N–H and O–H groups in total. The maximum absolute atomic E-state index is 12.4. The van der Waals surface area contributed by atoms with Crippen LogP contribution >= 0.6 is 0 Å². The van der Waals surface area contributed by atoms with Crippen LogP contribution in [-0.2, 0) is 16.0 Å². The number of carbonyl (C=O) groups excluding carboxylic acids is 1. The minimum Gasteiger partial charge on any atom is -0.390 e. The Kier molecular flexibility index (Phi) is 8.52. The van der Waals surface area contributed by atoms with Crippen molar-refractivity contribution in [2.45, 2.75) is 104 Å². The molecule has 0 amide bonds. The molecule has 3 unspecified atom stereocenters. The van der Waals surface area contributed by atoms with Crippen LogP contribution in [0.2, 0.25) is 0 Å². The van der Waals surface area contributed by atoms with Gasteiger partial charge in [0.05, 0.1) is 5.60 Å². The van der Waals surface area contributed by atoms with Crippen molar-refractivity contribution in [3.05, 3.63) is 47.5 Å². The Bertz CT molecular complexity index is 916. The lowest BCUT2D eigenvalue weighted by Gasteiger charge is -2.61. The van der Waals surface area contributed by atoms with E-state index >= 15 is 0 Å². The van der Waals surface area contributed by atoms with Gasteiger partial charge in [-0.3, -0.25) is 4.79 Å². The van der Waals surface area contributed by atoms with Crippen molar-refractivity contribution in [1.29, 1.82) is 0 Å². The fraction of sp³-hybridized carbons (Fsp3) is 0.727. The topological polar surface area (TPSA) is 46.5 Å². The molecule has 3 nitrogen and oxygen atoms in total. The molecule has 0 bridgehead atoms. The van der Waals surface area contributed by atoms with Crippen molar-refractivity contribution >= 4 is 5.78 Å². The molecule has 0 radical (unpaired) electrons. The molecule has 0 heterocycles. The molecule has 0 spiro atoms. The van der Waals surface area contributed by atoms with Crippen molar-refractivity contribution in [2.75, 3.05) is 13.7 Å². The van der Waals surface area contributed by atoms with Crippen LogP contribution < -0.4 is 0 Å². The fourth-order valence-electron chi connectivity index (χ4n) is 8.62. The number of aliphatic hydroxyl groups is 1. The molecule has 4 aliphatic rings. The van der Waals surface area contributed by atoms with E-state index in [0.717, 1.165) is 45.1 Å². The quantitative estimate of drug-likeness (QED) is 0.415. The summed E-state index contributed by atoms with van der Waals surface area (Å²) in [4.78, 5) is 12.4. The molecule has 0 aliphatic heterocycles. The molecular weight excluding hydrogens is 444 g/mol. The first-order valence-corrected chi connectivity index (χ1v) is 14.7. The van der Waals surface area contributed by atoms with Gasteiger partial charge >= 0.3 is 0 Å². The largest absolute Gasteiger partial charge is 0.390 e. The number of ketones is 1. The number of unbranched alkanes of at least 4 members (excludes halogenated alkanes) is 1. The van der Waals surface area contributed by atoms with Crippen molar-refractivity contribution in [1.82, 2.24) is 0 Å². The van der Waals surface area contributed by atoms with E-state index in [4.69, 9.17) is 0 Å². The molecule has 5 rings (SSSR count). The van der Waals surface area contributed by atoms with Gasteiger partial charge in [-0.15, -0.1) is 0 Å². The van der Waals surface area contributed by atoms with Crippen LogP contribution in [-0.4, -0.2) is 30.2 Å². The molecule has 0 aromatic heterocycles. The molecule has 3 heteroatoms. The maximum atomic E-state index is 12.4. The average molecular weight is 495 g/mol. The number of carbonyl (C=O) groups is 1. The zero-order valence-corrected chi connectivity index (χ0v) is 23.5. The predicted octanol–water partition coefficient (Wildman–Crippen LogP) is 7.56. The SMILES string of the molecule is CCOC.C[C@]12CCC(=O)C=C1C[C@@H](CCCCc1ccccc1)C1C2CC[C@@]2(C)C1CC[C@]2(C)O. The minimum atomic E-state index is -0.528. The van der Waals surface area contributed by atoms with E-state index in [2.05, 4.69) is 61.9 Å². The number of benzene rings is 1. The number of hydrogen-bond acceptors (Lipinski definition) is 3. The smallest absolute Gasteiger partial charge is 0.155 e. The highest BCUT2D eigenvalue weighted by molar-refractivity contribution is 5.91. The Labute approximate surface area is 220 Å². The van der Waals surface area contributed by atoms with E-state index < -0.39 is 5.60 Å². The van der Waals surface area contributed by atoms with Crippen LogP contribution in [0, 0.1) is 34.5 Å². The zero-order valence-electron chi connectivity index (χ0n) is 23.5. The van der Waals surface area contributed by atoms with E-state index in [1.54, 1.807) is 7.11 Å². The number of ether oxygens (including phenoxy) is 1. The molecule has 3 fully saturated rings. The van der Waals surface area contributed by atoms with Gasteiger partial charge in [-0.2, -0.15) is 0 Å². The van der Waals surface area contributed by atoms with Crippen LogP contribution in [0.1, 0.15) is 97.5 Å². The fourth-order valence-corrected chi connectivity index (χ4v) is 8.62. The van der Waals surface area contributed by atoms with Gasteiger partial charge < -0.3 is 9.84 Å². The van der Waals surface area contributed by atoms with Crippen molar-refractivity contribution in [3.63, 3.8) is 0 Å². The van der Waals surface area contributed by atoms with Crippen molar-refractivity contribution in [2.24, 2.45) is 34.5 Å². The van der Waals surface area contributed by atoms with Crippen molar-refractivity contribution in [3.8, 4) is 0 Å². The highest BCUT2D eigenvalue weighted by Gasteiger charge is 2.64. The average Bonchev–Trinajstić information content (AvgIpc) is 3.12. The highest BCUT2D eigenvalue weighted by Crippen LogP contribution is 2.69. The Morgan fingerprint density at radius 2 is 1.69 bits per heavy atom. The number of hydrogen-bond donors (Lipinski definition) is 1. The van der Waals surface area contributed by atoms with E-state index in [1.807, 2.05) is 6.92 Å². The zero-order chi connectivity index (χ0) is 26.0. The number of rotatable bonds is 6. The van der Waals surface area contributed by atoms with Crippen LogP contribution in [0.25, 0.3) is 0 Å². The van der Waals surface area contributed by atoms with Crippen LogP contribution in [0.15, 0.2) is 42.0 Å². The summed E-state index contributed by atoms with van der Waals surface area (Å²) in [7, 11) is 1.68. The lowest BCUT2D eigenvalue weighted by atomic mass is 9.44. The normalized spacial score (nSPS) is 39.3. The molecule has 1 aromatic rings. The first kappa shape index (κ1) is 27.6. The molecule has 36 heavy (non-hydrogen) atoms. The summed E-state index contributed by atoms with van der Waals surface area (Å²) in [6, 6.07) is 10.9. The summed E-state index contributed by atoms with van der Waals surface area (Å²) in [6.07, 6.45) is 14.4. The van der Waals surface area contributed by atoms with E-state index in [0.29, 0.717) is 29.5 Å². The first-order valence-electron chi connectivity index (χ1n) is 14.7. The highest BCUT2D eigenvalue weighted by atomic mass is 16.5. The number of allylic oxidation sites excluding steroid dienone is 1. The van der Waals surface area contributed by atoms with Gasteiger partial charge in [0, 0.05) is 20.1 Å². The summed E-state index contributed by atoms with van der Waals surface area (Å²) in [5, 5.41) is 11.3. The number of methoxy groups -OCH3 is 1. The third kappa shape index (κ3) is 5.12. The molecule has 1 aromatic carbocycles. The van der Waals surface area contributed by atoms with E-state index in [-0.39, 0.29) is 10.8 Å². The monoisotopic (exact) mass is 494 g/mol. The summed E-state index contributed by atoms with van der Waals surface area (Å²) < 4.78 is 4.54. The van der Waals surface area contributed by atoms with Crippen molar-refractivity contribution < 1.29 is 14.6 Å². The minimum absolute atomic E-state index is 0.0541. The third-order valence-corrected chi connectivity index (χ3v) is 11.1. The standard InChI is InChI=1S/C30H42O2.C3H8O/c1-28-16-13-24(31)20-23(28)19-22(12-8-7-11-21-9-5-4-6-10-21)27-25(28)14-17-29(2)26(27)15-18-30(29,3)32;1-3-4-2/h4-6,9-10,20,22,25-27,32H,7-8,11-19H2,1-3H3;3H2,1-2H3/t22-,25?,26?,27?,28+,29+,30+;/m1./s1. The summed E-state index contributed by atoms with van der Waals surface area (Å²) >= 11 is 0. The Morgan fingerprint density at radius 1 is 1.00 bits per heavy atom. The second kappa shape index (κ2) is 11.1. The summed E-state index contributed by atoms with van der Waals surface area (Å²) in [6.45, 7) is 9.76. The lowest BCUT2D eigenvalue weighted by Crippen LogP contribution is -2.56. The van der Waals surface area contributed by atoms with Crippen LogP contribution in [0.4, 0.5) is 0 Å². The lowest BCUT2D eigenvalue weighted by molar-refractivity contribution is -0.135. The molecule has 200 valence electrons. The van der Waals surface area contributed by atoms with Gasteiger partial charge in [-0.1, -0.05) is 56.2 Å². The van der Waals surface area contributed by atoms with Gasteiger partial charge in [-0.05, 0) is 118 Å². The van der Waals surface area contributed by atoms with Gasteiger partial charge in [0.15, 0.2) is 5.78 Å². The van der Waals surface area contributed by atoms with E-state index in [1.165, 1.54) is 43.2 Å². The molecule has 0 saturated heterocycles. The first-order chi connectivity index (χ1) is 17.2. The summed E-state index contributed by atoms with van der Waals surface area (Å²) in [5.74, 6) is 3.03. The van der Waals surface area contributed by atoms with Crippen LogP contribution in [0.5, 0.6) is 0 Å². The molecule has 7 atom stereocenters. The van der Waals surface area contributed by atoms with Gasteiger partial charge in [0.2, 0.25) is 0 Å². The predicted molar refractivity (Wildman–Crippen MR) is 148 cm³/mol. The summed E-state index contributed by atoms with van der Waals surface area (Å²) in [5.41, 5.74) is 2.64. The second-order valence-electron chi connectivity index (χ2n) is 12.9. The number of aryl methyl sites for hydroxylation is 1. The van der Waals surface area contributed by atoms with Gasteiger partial charge in [0.25, 0.3) is 0 Å². The number of fused-ring (bicyclic) bond motifs is 5. The Morgan fingerprint density at radius 3 is 2.39 bits per heavy atom. The van der Waals surface area contributed by atoms with Gasteiger partial charge in [0.1, 0.15) is 0 Å².